The Hall–Kier alpha value is -1.36. The van der Waals surface area contributed by atoms with Gasteiger partial charge in [0.15, 0.2) is 0 Å². The largest absolute Gasteiger partial charge is 0.207 e. The molecule has 0 aliphatic rings. The third kappa shape index (κ3) is 3.25. The number of benzene rings is 1. The summed E-state index contributed by atoms with van der Waals surface area (Å²) in [5.74, 6) is -0.348. The minimum atomic E-state index is -0.348. The molecule has 0 N–H and O–H groups in total. The van der Waals surface area contributed by atoms with E-state index in [1.165, 1.54) is 12.1 Å². The fourth-order valence-electron chi connectivity index (χ4n) is 0.961. The van der Waals surface area contributed by atoms with Gasteiger partial charge >= 0.3 is 0 Å². The van der Waals surface area contributed by atoms with Gasteiger partial charge in [-0.25, -0.2) is 4.39 Å². The Balaban J connectivity index is 0.000000671. The molecule has 0 aromatic heterocycles. The van der Waals surface area contributed by atoms with Crippen molar-refractivity contribution < 1.29 is 4.39 Å². The van der Waals surface area contributed by atoms with Crippen molar-refractivity contribution in [2.24, 2.45) is 0 Å². The molecule has 70 valence electrons. The fraction of sp³-hybridized carbons (Fsp3) is 0.364. The molecule has 1 nitrogen and oxygen atoms in total. The second-order valence-corrected chi connectivity index (χ2v) is 2.27. The third-order valence-corrected chi connectivity index (χ3v) is 1.57. The van der Waals surface area contributed by atoms with Crippen LogP contribution in [0.4, 0.5) is 4.39 Å². The van der Waals surface area contributed by atoms with Crippen LogP contribution in [0.15, 0.2) is 18.2 Å². The zero-order valence-electron chi connectivity index (χ0n) is 8.26. The topological polar surface area (TPSA) is 23.8 Å². The summed E-state index contributed by atoms with van der Waals surface area (Å²) < 4.78 is 12.5. The highest BCUT2D eigenvalue weighted by atomic mass is 19.1. The van der Waals surface area contributed by atoms with E-state index in [2.05, 4.69) is 0 Å². The van der Waals surface area contributed by atoms with E-state index in [9.17, 15) is 4.39 Å². The number of aryl methyl sites for hydroxylation is 1. The summed E-state index contributed by atoms with van der Waals surface area (Å²) in [6.45, 7) is 5.94. The molecule has 0 saturated carbocycles. The lowest BCUT2D eigenvalue weighted by molar-refractivity contribution is 0.626. The molecular weight excluding hydrogens is 165 g/mol. The van der Waals surface area contributed by atoms with Gasteiger partial charge in [0.1, 0.15) is 5.82 Å². The standard InChI is InChI=1S/C9H8FN.C2H6/c1-2-7-3-4-9(10)5-8(7)6-11;1-2/h3-5H,2H2,1H3;1-2H3. The summed E-state index contributed by atoms with van der Waals surface area (Å²) in [5, 5.41) is 8.56. The van der Waals surface area contributed by atoms with Gasteiger partial charge in [-0.3, -0.25) is 0 Å². The minimum Gasteiger partial charge on any atom is -0.207 e. The van der Waals surface area contributed by atoms with Crippen LogP contribution in [0, 0.1) is 17.1 Å². The van der Waals surface area contributed by atoms with Crippen molar-refractivity contribution in [2.75, 3.05) is 0 Å². The number of nitriles is 1. The van der Waals surface area contributed by atoms with Crippen LogP contribution in [0.1, 0.15) is 31.9 Å². The monoisotopic (exact) mass is 179 g/mol. The van der Waals surface area contributed by atoms with Gasteiger partial charge in [-0.05, 0) is 24.1 Å². The maximum absolute atomic E-state index is 12.5. The first-order valence-corrected chi connectivity index (χ1v) is 4.46. The van der Waals surface area contributed by atoms with Crippen molar-refractivity contribution in [3.63, 3.8) is 0 Å². The highest BCUT2D eigenvalue weighted by Gasteiger charge is 1.99. The maximum atomic E-state index is 12.5. The molecule has 1 aromatic carbocycles. The number of halogens is 1. The Kier molecular flexibility index (Phi) is 5.54. The summed E-state index contributed by atoms with van der Waals surface area (Å²) in [6, 6.07) is 6.23. The average Bonchev–Trinajstić information content (AvgIpc) is 2.20. The van der Waals surface area contributed by atoms with E-state index < -0.39 is 0 Å². The van der Waals surface area contributed by atoms with Crippen molar-refractivity contribution in [2.45, 2.75) is 27.2 Å². The minimum absolute atomic E-state index is 0.348. The van der Waals surface area contributed by atoms with Gasteiger partial charge in [0.2, 0.25) is 0 Å². The zero-order chi connectivity index (χ0) is 10.3. The van der Waals surface area contributed by atoms with Crippen molar-refractivity contribution in [1.82, 2.24) is 0 Å². The second-order valence-electron chi connectivity index (χ2n) is 2.27. The van der Waals surface area contributed by atoms with Gasteiger partial charge in [0.05, 0.1) is 11.6 Å². The normalized spacial score (nSPS) is 8.23. The fourth-order valence-corrected chi connectivity index (χ4v) is 0.961. The molecule has 0 spiro atoms. The van der Waals surface area contributed by atoms with Crippen molar-refractivity contribution in [3.8, 4) is 6.07 Å². The van der Waals surface area contributed by atoms with E-state index in [4.69, 9.17) is 5.26 Å². The van der Waals surface area contributed by atoms with E-state index in [1.54, 1.807) is 6.07 Å². The van der Waals surface area contributed by atoms with Crippen LogP contribution in [-0.2, 0) is 6.42 Å². The highest BCUT2D eigenvalue weighted by Crippen LogP contribution is 2.10. The van der Waals surface area contributed by atoms with Crippen LogP contribution < -0.4 is 0 Å². The molecule has 1 rings (SSSR count). The zero-order valence-corrected chi connectivity index (χ0v) is 8.26. The van der Waals surface area contributed by atoms with Gasteiger partial charge in [-0.1, -0.05) is 26.8 Å². The molecule has 0 saturated heterocycles. The lowest BCUT2D eigenvalue weighted by Gasteiger charge is -1.98. The Bertz CT molecular complexity index is 299. The molecule has 0 amide bonds. The SMILES string of the molecule is CC.CCc1ccc(F)cc1C#N. The molecular formula is C11H14FN. The first kappa shape index (κ1) is 11.6. The molecule has 13 heavy (non-hydrogen) atoms. The number of rotatable bonds is 1. The second kappa shape index (κ2) is 6.19. The van der Waals surface area contributed by atoms with E-state index in [-0.39, 0.29) is 5.82 Å². The predicted molar refractivity (Wildman–Crippen MR) is 51.8 cm³/mol. The molecule has 0 aliphatic carbocycles. The van der Waals surface area contributed by atoms with Crippen molar-refractivity contribution in [1.29, 1.82) is 5.26 Å². The smallest absolute Gasteiger partial charge is 0.124 e. The Morgan fingerprint density at radius 2 is 2.00 bits per heavy atom. The van der Waals surface area contributed by atoms with Crippen LogP contribution in [0.3, 0.4) is 0 Å². The van der Waals surface area contributed by atoms with Crippen LogP contribution in [0.2, 0.25) is 0 Å². The third-order valence-electron chi connectivity index (χ3n) is 1.57. The molecule has 0 atom stereocenters. The van der Waals surface area contributed by atoms with Crippen molar-refractivity contribution >= 4 is 0 Å². The number of hydrogen-bond acceptors (Lipinski definition) is 1. The van der Waals surface area contributed by atoms with Crippen molar-refractivity contribution in [3.05, 3.63) is 35.1 Å². The van der Waals surface area contributed by atoms with Gasteiger partial charge in [-0.2, -0.15) is 5.26 Å². The number of nitrogens with zero attached hydrogens (tertiary/aromatic N) is 1. The van der Waals surface area contributed by atoms with E-state index in [0.29, 0.717) is 5.56 Å². The molecule has 0 heterocycles. The molecule has 2 heteroatoms. The van der Waals surface area contributed by atoms with Crippen LogP contribution in [0.5, 0.6) is 0 Å². The molecule has 0 aliphatic heterocycles. The Morgan fingerprint density at radius 3 is 2.46 bits per heavy atom. The summed E-state index contributed by atoms with van der Waals surface area (Å²) in [4.78, 5) is 0. The summed E-state index contributed by atoms with van der Waals surface area (Å²) in [6.07, 6.45) is 0.767. The summed E-state index contributed by atoms with van der Waals surface area (Å²) in [5.41, 5.74) is 1.33. The van der Waals surface area contributed by atoms with Crippen LogP contribution in [-0.4, -0.2) is 0 Å². The van der Waals surface area contributed by atoms with E-state index >= 15 is 0 Å². The van der Waals surface area contributed by atoms with Crippen LogP contribution >= 0.6 is 0 Å². The Labute approximate surface area is 78.8 Å². The molecule has 0 bridgehead atoms. The first-order chi connectivity index (χ1) is 6.27. The summed E-state index contributed by atoms with van der Waals surface area (Å²) >= 11 is 0. The molecule has 0 radical (unpaired) electrons. The first-order valence-electron chi connectivity index (χ1n) is 4.46. The predicted octanol–water partition coefficient (Wildman–Crippen LogP) is 3.29. The van der Waals surface area contributed by atoms with E-state index in [0.717, 1.165) is 12.0 Å². The lowest BCUT2D eigenvalue weighted by Crippen LogP contribution is -1.87. The lowest BCUT2D eigenvalue weighted by atomic mass is 10.1. The van der Waals surface area contributed by atoms with Gasteiger partial charge in [0.25, 0.3) is 0 Å². The van der Waals surface area contributed by atoms with E-state index in [1.807, 2.05) is 26.8 Å². The maximum Gasteiger partial charge on any atom is 0.124 e. The molecule has 0 unspecified atom stereocenters. The van der Waals surface area contributed by atoms with Gasteiger partial charge < -0.3 is 0 Å². The number of hydrogen-bond donors (Lipinski definition) is 0. The van der Waals surface area contributed by atoms with Gasteiger partial charge in [0, 0.05) is 0 Å². The highest BCUT2D eigenvalue weighted by molar-refractivity contribution is 5.37. The quantitative estimate of drug-likeness (QED) is 0.649. The molecule has 0 fully saturated rings. The Morgan fingerprint density at radius 1 is 1.38 bits per heavy atom. The average molecular weight is 179 g/mol. The van der Waals surface area contributed by atoms with Gasteiger partial charge in [-0.15, -0.1) is 0 Å². The summed E-state index contributed by atoms with van der Waals surface area (Å²) in [7, 11) is 0. The molecule has 1 aromatic rings. The van der Waals surface area contributed by atoms with Crippen LogP contribution in [0.25, 0.3) is 0 Å².